The maximum Gasteiger partial charge on any atom is 0.327 e. The zero-order valence-corrected chi connectivity index (χ0v) is 19.2. The lowest BCUT2D eigenvalue weighted by Gasteiger charge is -2.17. The molecule has 16 nitrogen and oxygen atoms in total. The van der Waals surface area contributed by atoms with Crippen LogP contribution < -0.4 is 22.1 Å². The molecule has 0 aliphatic carbocycles. The molecule has 0 saturated heterocycles. The van der Waals surface area contributed by atoms with Gasteiger partial charge in [0.2, 0.25) is 20.7 Å². The molecule has 0 aromatic carbocycles. The quantitative estimate of drug-likeness (QED) is 0.0849. The number of nitrogens with two attached hydrogens (primary N) is 2. The highest BCUT2D eigenvalue weighted by Gasteiger charge is 2.30. The van der Waals surface area contributed by atoms with Crippen LogP contribution in [0.2, 0.25) is 0 Å². The normalized spacial score (nSPS) is 14.8. The minimum absolute atomic E-state index is 0.0269. The van der Waals surface area contributed by atoms with Crippen molar-refractivity contribution in [1.82, 2.24) is 10.6 Å². The Bertz CT molecular complexity index is 894. The third-order valence-corrected chi connectivity index (χ3v) is 7.51. The predicted octanol–water partition coefficient (Wildman–Crippen LogP) is -3.43. The average Bonchev–Trinajstić information content (AvgIpc) is 2.71. The molecule has 10 N–H and O–H groups in total. The number of carboxylic acid groups (broad SMARTS) is 4. The number of carbonyl (C=O) groups excluding carboxylic acids is 2. The summed E-state index contributed by atoms with van der Waals surface area (Å²) in [5.41, 5.74) is 10.5. The minimum atomic E-state index is -4.33. The highest BCUT2D eigenvalue weighted by atomic mass is 33.1. The van der Waals surface area contributed by atoms with E-state index in [9.17, 15) is 42.3 Å². The molecule has 0 aromatic rings. The van der Waals surface area contributed by atoms with E-state index in [0.717, 1.165) is 0 Å². The van der Waals surface area contributed by atoms with E-state index in [1.54, 1.807) is 0 Å². The fourth-order valence-electron chi connectivity index (χ4n) is 2.13. The van der Waals surface area contributed by atoms with Gasteiger partial charge in [-0.15, -0.1) is 0 Å². The van der Waals surface area contributed by atoms with Crippen LogP contribution in [0.15, 0.2) is 0 Å². The van der Waals surface area contributed by atoms with Crippen molar-refractivity contribution in [3.05, 3.63) is 0 Å². The van der Waals surface area contributed by atoms with Crippen LogP contribution in [0.1, 0.15) is 25.7 Å². The molecule has 0 bridgehead atoms. The van der Waals surface area contributed by atoms with E-state index in [1.807, 2.05) is 10.6 Å². The summed E-state index contributed by atoms with van der Waals surface area (Å²) in [5, 5.41) is 39.6. The van der Waals surface area contributed by atoms with Gasteiger partial charge in [0.25, 0.3) is 0 Å². The Hall–Kier alpha value is -2.96. The first-order valence-electron chi connectivity index (χ1n) is 9.44. The van der Waals surface area contributed by atoms with Crippen LogP contribution in [0.25, 0.3) is 0 Å². The van der Waals surface area contributed by atoms with Crippen LogP contribution in [0.4, 0.5) is 0 Å². The van der Waals surface area contributed by atoms with Crippen LogP contribution in [0.5, 0.6) is 0 Å². The van der Waals surface area contributed by atoms with Gasteiger partial charge in [-0.3, -0.25) is 19.2 Å². The summed E-state index contributed by atoms with van der Waals surface area (Å²) >= 11 is 0. The lowest BCUT2D eigenvalue weighted by atomic mass is 10.1. The molecule has 194 valence electrons. The van der Waals surface area contributed by atoms with Gasteiger partial charge < -0.3 is 42.5 Å². The topological polar surface area (TPSA) is 294 Å². The van der Waals surface area contributed by atoms with Gasteiger partial charge in [-0.1, -0.05) is 0 Å². The maximum atomic E-state index is 12.2. The molecule has 0 fully saturated rings. The first kappa shape index (κ1) is 31.0. The Morgan fingerprint density at radius 1 is 0.706 bits per heavy atom. The summed E-state index contributed by atoms with van der Waals surface area (Å²) in [7, 11) is -4.30. The molecular formula is C16H26N4O12S2. The smallest absolute Gasteiger partial charge is 0.327 e. The number of hydrogen-bond acceptors (Lipinski definition) is 11. The number of rotatable bonds is 17. The third-order valence-electron chi connectivity index (χ3n) is 4.05. The summed E-state index contributed by atoms with van der Waals surface area (Å²) < 4.78 is 24.5. The highest BCUT2D eigenvalue weighted by Crippen LogP contribution is 2.16. The van der Waals surface area contributed by atoms with Crippen molar-refractivity contribution >= 4 is 55.4 Å². The Balaban J connectivity index is 4.92. The first-order valence-corrected chi connectivity index (χ1v) is 12.6. The molecular weight excluding hydrogens is 504 g/mol. The van der Waals surface area contributed by atoms with Crippen LogP contribution in [-0.4, -0.2) is 100 Å². The SMILES string of the molecule is N[C@@H](CCC(=O)N[C@@H](CSS(=O)(=O)C[C@@H](NC(=O)CC[C@H](N)C(=O)O)C(=O)O)C(=O)O)C(=O)O. The van der Waals surface area contributed by atoms with Crippen molar-refractivity contribution in [2.45, 2.75) is 49.9 Å². The lowest BCUT2D eigenvalue weighted by molar-refractivity contribution is -0.141. The van der Waals surface area contributed by atoms with E-state index in [1.165, 1.54) is 0 Å². The number of aliphatic carboxylic acids is 4. The average molecular weight is 531 g/mol. The van der Waals surface area contributed by atoms with Gasteiger partial charge in [0.1, 0.15) is 24.2 Å². The summed E-state index contributed by atoms with van der Waals surface area (Å²) in [6, 6.07) is -6.35. The second kappa shape index (κ2) is 14.3. The van der Waals surface area contributed by atoms with Gasteiger partial charge in [-0.2, -0.15) is 0 Å². The molecule has 2 amide bonds. The fourth-order valence-corrected chi connectivity index (χ4v) is 5.15. The summed E-state index contributed by atoms with van der Waals surface area (Å²) in [6.07, 6.45) is -1.54. The van der Waals surface area contributed by atoms with E-state index in [4.69, 9.17) is 26.8 Å². The molecule has 4 atom stereocenters. The molecule has 34 heavy (non-hydrogen) atoms. The van der Waals surface area contributed by atoms with Gasteiger partial charge in [-0.25, -0.2) is 18.0 Å². The van der Waals surface area contributed by atoms with Gasteiger partial charge in [-0.05, 0) is 23.6 Å². The minimum Gasteiger partial charge on any atom is -0.480 e. The Kier molecular flexibility index (Phi) is 13.1. The zero-order valence-electron chi connectivity index (χ0n) is 17.6. The van der Waals surface area contributed by atoms with E-state index < -0.39 is 93.1 Å². The second-order valence-electron chi connectivity index (χ2n) is 6.89. The van der Waals surface area contributed by atoms with Crippen molar-refractivity contribution < 1.29 is 57.6 Å². The van der Waals surface area contributed by atoms with Crippen LogP contribution >= 0.6 is 10.8 Å². The lowest BCUT2D eigenvalue weighted by Crippen LogP contribution is -2.46. The van der Waals surface area contributed by atoms with Crippen molar-refractivity contribution in [3.8, 4) is 0 Å². The van der Waals surface area contributed by atoms with E-state index in [2.05, 4.69) is 0 Å². The van der Waals surface area contributed by atoms with E-state index in [0.29, 0.717) is 0 Å². The van der Waals surface area contributed by atoms with Crippen molar-refractivity contribution in [2.24, 2.45) is 11.5 Å². The van der Waals surface area contributed by atoms with Crippen LogP contribution in [0, 0.1) is 0 Å². The largest absolute Gasteiger partial charge is 0.480 e. The van der Waals surface area contributed by atoms with Crippen LogP contribution in [-0.2, 0) is 37.6 Å². The van der Waals surface area contributed by atoms with Gasteiger partial charge in [0.05, 0.1) is 5.75 Å². The third kappa shape index (κ3) is 12.9. The van der Waals surface area contributed by atoms with Crippen molar-refractivity contribution in [2.75, 3.05) is 11.5 Å². The molecule has 0 aliphatic rings. The molecule has 0 aliphatic heterocycles. The van der Waals surface area contributed by atoms with E-state index >= 15 is 0 Å². The number of amides is 2. The maximum absolute atomic E-state index is 12.2. The number of nitrogens with one attached hydrogen (secondary N) is 2. The van der Waals surface area contributed by atoms with Crippen molar-refractivity contribution in [3.63, 3.8) is 0 Å². The number of carboxylic acids is 4. The highest BCUT2D eigenvalue weighted by molar-refractivity contribution is 8.72. The molecule has 18 heteroatoms. The second-order valence-corrected chi connectivity index (χ2v) is 11.1. The molecule has 0 saturated carbocycles. The number of hydrogen-bond donors (Lipinski definition) is 8. The standard InChI is InChI=1S/C16H26N4O12S2/c17-7(13(23)24)1-3-11(21)19-9(15(27)28)5-33-34(31,32)6-10(16(29)30)20-12(22)4-2-8(18)14(25)26/h7-10H,1-6,17-18H2,(H,19,21)(H,20,22)(H,23,24)(H,25,26)(H,27,28)(H,29,30)/t7-,8-,9-,10+/m0/s1. The predicted molar refractivity (Wildman–Crippen MR) is 115 cm³/mol. The zero-order chi connectivity index (χ0) is 26.6. The molecule has 0 heterocycles. The molecule has 0 spiro atoms. The molecule has 0 unspecified atom stereocenters. The van der Waals surface area contributed by atoms with Gasteiger partial charge >= 0.3 is 23.9 Å². The Labute approximate surface area is 196 Å². The van der Waals surface area contributed by atoms with Crippen molar-refractivity contribution in [1.29, 1.82) is 0 Å². The molecule has 0 aromatic heterocycles. The monoisotopic (exact) mass is 530 g/mol. The summed E-state index contributed by atoms with van der Waals surface area (Å²) in [5.74, 6) is -9.76. The summed E-state index contributed by atoms with van der Waals surface area (Å²) in [4.78, 5) is 67.5. The fraction of sp³-hybridized carbons (Fsp3) is 0.625. The van der Waals surface area contributed by atoms with Gasteiger partial charge in [0, 0.05) is 18.6 Å². The van der Waals surface area contributed by atoms with E-state index in [-0.39, 0.29) is 23.6 Å². The Morgan fingerprint density at radius 3 is 1.44 bits per heavy atom. The number of carbonyl (C=O) groups is 6. The summed E-state index contributed by atoms with van der Waals surface area (Å²) in [6.45, 7) is 0. The van der Waals surface area contributed by atoms with Gasteiger partial charge in [0.15, 0.2) is 0 Å². The molecule has 0 rings (SSSR count). The van der Waals surface area contributed by atoms with Crippen LogP contribution in [0.3, 0.4) is 0 Å². The molecule has 0 radical (unpaired) electrons. The Morgan fingerprint density at radius 2 is 1.09 bits per heavy atom. The first-order chi connectivity index (χ1) is 15.6.